The molecule has 2 aliphatic rings. The Morgan fingerprint density at radius 1 is 1.00 bits per heavy atom. The summed E-state index contributed by atoms with van der Waals surface area (Å²) in [6.07, 6.45) is 3.54. The topological polar surface area (TPSA) is 134 Å². The molecule has 0 saturated carbocycles. The van der Waals surface area contributed by atoms with E-state index in [1.807, 2.05) is 42.7 Å². The maximum Gasteiger partial charge on any atom is 0.405 e. The molecular formula is C37H48F3N5O5. The number of primary amides is 1. The van der Waals surface area contributed by atoms with Gasteiger partial charge in [0.1, 0.15) is 23.6 Å². The molecule has 0 spiro atoms. The summed E-state index contributed by atoms with van der Waals surface area (Å²) in [4.78, 5) is 26.7. The molecule has 0 bridgehead atoms. The molecule has 0 aliphatic carbocycles. The number of benzene rings is 2. The number of amides is 2. The highest BCUT2D eigenvalue weighted by Gasteiger charge is 2.26. The first-order valence-electron chi connectivity index (χ1n) is 16.7. The number of aromatic nitrogens is 1. The van der Waals surface area contributed by atoms with Gasteiger partial charge in [-0.25, -0.2) is 0 Å². The van der Waals surface area contributed by atoms with Crippen LogP contribution in [-0.2, 0) is 29.0 Å². The third-order valence-electron chi connectivity index (χ3n) is 8.00. The van der Waals surface area contributed by atoms with Gasteiger partial charge in [0, 0.05) is 50.5 Å². The Morgan fingerprint density at radius 3 is 2.30 bits per heavy atom. The van der Waals surface area contributed by atoms with Crippen molar-refractivity contribution in [1.82, 2.24) is 20.1 Å². The van der Waals surface area contributed by atoms with Crippen molar-refractivity contribution in [2.24, 2.45) is 11.7 Å². The quantitative estimate of drug-likeness (QED) is 0.198. The maximum absolute atomic E-state index is 11.0. The number of rotatable bonds is 10. The van der Waals surface area contributed by atoms with Crippen LogP contribution in [0.25, 0.3) is 11.0 Å². The number of furan rings is 1. The van der Waals surface area contributed by atoms with Crippen LogP contribution < -0.4 is 15.8 Å². The average Bonchev–Trinajstić information content (AvgIpc) is 3.52. The van der Waals surface area contributed by atoms with E-state index in [9.17, 15) is 23.1 Å². The Bertz CT molecular complexity index is 1470. The number of aliphatic hydroxyl groups is 1. The molecule has 4 heterocycles. The molecule has 2 aromatic carbocycles. The molecule has 0 radical (unpaired) electrons. The Hall–Kier alpha value is -4.46. The van der Waals surface area contributed by atoms with Crippen LogP contribution >= 0.6 is 0 Å². The number of hydrogen-bond donors (Lipinski definition) is 3. The lowest BCUT2D eigenvalue weighted by molar-refractivity contribution is -0.132. The van der Waals surface area contributed by atoms with E-state index < -0.39 is 12.7 Å². The number of ether oxygens (including phenoxy) is 1. The second kappa shape index (κ2) is 21.6. The van der Waals surface area contributed by atoms with Crippen molar-refractivity contribution in [3.8, 4) is 5.75 Å². The highest BCUT2D eigenvalue weighted by atomic mass is 19.4. The lowest BCUT2D eigenvalue weighted by Crippen LogP contribution is -2.48. The van der Waals surface area contributed by atoms with Crippen molar-refractivity contribution in [3.05, 3.63) is 96.0 Å². The molecule has 4 N–H and O–H groups in total. The van der Waals surface area contributed by atoms with Gasteiger partial charge in [-0.05, 0) is 73.1 Å². The smallest absolute Gasteiger partial charge is 0.405 e. The van der Waals surface area contributed by atoms with Gasteiger partial charge in [0.15, 0.2) is 0 Å². The standard InChI is InChI=1S/C24H31N3O2.C9H10O.C3H4F3NO.CH3NO/c1-19(14-20-6-8-25-9-7-20)15-22(28)17-26-10-12-27(13-11-26)18-23-16-21-4-2-3-5-24(21)29-23;1-2-6-9-8(4-1)5-3-7-10-9;4-3(5,6)1-7-2-8;2-1-3/h2-9,16,19,22,28H,10-15,17-18H2,1H3;1-2,4,6H,3,5,7H2;2H,1H2,(H,7,8);1H,(H2,2,3). The lowest BCUT2D eigenvalue weighted by Gasteiger charge is -2.35. The van der Waals surface area contributed by atoms with E-state index in [2.05, 4.69) is 63.8 Å². The van der Waals surface area contributed by atoms with Gasteiger partial charge in [-0.3, -0.25) is 24.4 Å². The van der Waals surface area contributed by atoms with Crippen LogP contribution in [0.5, 0.6) is 5.75 Å². The Morgan fingerprint density at radius 2 is 1.66 bits per heavy atom. The van der Waals surface area contributed by atoms with E-state index in [0.717, 1.165) is 82.2 Å². The van der Waals surface area contributed by atoms with E-state index in [0.29, 0.717) is 5.92 Å². The third kappa shape index (κ3) is 15.4. The first-order valence-corrected chi connectivity index (χ1v) is 16.7. The fourth-order valence-corrected chi connectivity index (χ4v) is 5.76. The predicted octanol–water partition coefficient (Wildman–Crippen LogP) is 4.98. The number of nitrogens with one attached hydrogen (secondary N) is 1. The second-order valence-electron chi connectivity index (χ2n) is 12.2. The SMILES string of the molecule is CC(Cc1ccncc1)CC(O)CN1CCN(Cc2cc3ccccc3o2)CC1.NC=O.O=CNCC(F)(F)F.c1ccc2c(c1)CCCO2. The van der Waals surface area contributed by atoms with E-state index >= 15 is 0 Å². The highest BCUT2D eigenvalue weighted by molar-refractivity contribution is 5.77. The number of piperazine rings is 1. The van der Waals surface area contributed by atoms with E-state index in [1.165, 1.54) is 28.3 Å². The summed E-state index contributed by atoms with van der Waals surface area (Å²) in [5.74, 6) is 2.57. The summed E-state index contributed by atoms with van der Waals surface area (Å²) in [6, 6.07) is 22.7. The molecule has 1 saturated heterocycles. The molecule has 2 aromatic heterocycles. The summed E-state index contributed by atoms with van der Waals surface area (Å²) in [5.41, 5.74) is 7.78. The van der Waals surface area contributed by atoms with E-state index in [4.69, 9.17) is 13.9 Å². The number of nitrogens with zero attached hydrogens (tertiary/aromatic N) is 3. The minimum Gasteiger partial charge on any atom is -0.493 e. The van der Waals surface area contributed by atoms with E-state index in [1.54, 1.807) is 0 Å². The molecule has 4 aromatic rings. The first kappa shape index (κ1) is 40.0. The molecule has 10 nitrogen and oxygen atoms in total. The van der Waals surface area contributed by atoms with Crippen molar-refractivity contribution in [2.75, 3.05) is 45.9 Å². The van der Waals surface area contributed by atoms with Crippen LogP contribution in [0.15, 0.2) is 83.5 Å². The fourth-order valence-electron chi connectivity index (χ4n) is 5.76. The van der Waals surface area contributed by atoms with Crippen LogP contribution in [0, 0.1) is 5.92 Å². The van der Waals surface area contributed by atoms with Gasteiger partial charge >= 0.3 is 6.18 Å². The van der Waals surface area contributed by atoms with E-state index in [-0.39, 0.29) is 18.9 Å². The third-order valence-corrected chi connectivity index (χ3v) is 8.00. The van der Waals surface area contributed by atoms with Gasteiger partial charge in [-0.1, -0.05) is 43.3 Å². The van der Waals surface area contributed by atoms with Gasteiger partial charge in [0.05, 0.1) is 19.3 Å². The molecule has 2 unspecified atom stereocenters. The number of fused-ring (bicyclic) bond motifs is 2. The van der Waals surface area contributed by atoms with Crippen molar-refractivity contribution < 1.29 is 37.0 Å². The zero-order valence-electron chi connectivity index (χ0n) is 28.4. The number of pyridine rings is 1. The van der Waals surface area contributed by atoms with Gasteiger partial charge in [-0.2, -0.15) is 13.2 Å². The van der Waals surface area contributed by atoms with Crippen LogP contribution in [0.3, 0.4) is 0 Å². The average molecular weight is 700 g/mol. The molecule has 13 heteroatoms. The first-order chi connectivity index (χ1) is 24.1. The van der Waals surface area contributed by atoms with Gasteiger partial charge < -0.3 is 25.3 Å². The number of alkyl halides is 3. The van der Waals surface area contributed by atoms with Crippen LogP contribution in [0.2, 0.25) is 0 Å². The minimum atomic E-state index is -4.29. The van der Waals surface area contributed by atoms with Gasteiger partial charge in [0.2, 0.25) is 12.8 Å². The number of nitrogens with two attached hydrogens (primary N) is 1. The molecule has 50 heavy (non-hydrogen) atoms. The minimum absolute atomic E-state index is 0.00743. The Labute approximate surface area is 291 Å². The molecule has 2 aliphatic heterocycles. The van der Waals surface area contributed by atoms with Crippen molar-refractivity contribution >= 4 is 23.8 Å². The number of aryl methyl sites for hydroxylation is 1. The van der Waals surface area contributed by atoms with Crippen molar-refractivity contribution in [2.45, 2.75) is 51.4 Å². The number of β-amino-alcohol motifs (C(OH)–C–C–N with tert-alkyl or cyclic N) is 1. The molecular weight excluding hydrogens is 651 g/mol. The Kier molecular flexibility index (Phi) is 17.3. The molecule has 2 amide bonds. The largest absolute Gasteiger partial charge is 0.493 e. The molecule has 1 fully saturated rings. The number of carbonyl (C=O) groups is 2. The number of halogens is 3. The maximum atomic E-state index is 11.0. The summed E-state index contributed by atoms with van der Waals surface area (Å²) in [5, 5.41) is 13.2. The summed E-state index contributed by atoms with van der Waals surface area (Å²) in [7, 11) is 0. The summed E-state index contributed by atoms with van der Waals surface area (Å²) in [6.45, 7) is 7.48. The zero-order chi connectivity index (χ0) is 36.2. The number of para-hydroxylation sites is 2. The van der Waals surface area contributed by atoms with Gasteiger partial charge in [-0.15, -0.1) is 0 Å². The Balaban J connectivity index is 0.000000261. The van der Waals surface area contributed by atoms with Crippen LogP contribution in [0.1, 0.15) is 36.7 Å². The highest BCUT2D eigenvalue weighted by Crippen LogP contribution is 2.23. The summed E-state index contributed by atoms with van der Waals surface area (Å²) < 4.78 is 44.4. The lowest BCUT2D eigenvalue weighted by atomic mass is 9.96. The molecule has 272 valence electrons. The van der Waals surface area contributed by atoms with Crippen molar-refractivity contribution in [3.63, 3.8) is 0 Å². The van der Waals surface area contributed by atoms with Crippen LogP contribution in [0.4, 0.5) is 13.2 Å². The number of hydrogen-bond acceptors (Lipinski definition) is 8. The monoisotopic (exact) mass is 699 g/mol. The number of aliphatic hydroxyl groups excluding tert-OH is 1. The molecule has 6 rings (SSSR count). The normalized spacial score (nSPS) is 15.6. The predicted molar refractivity (Wildman–Crippen MR) is 186 cm³/mol. The van der Waals surface area contributed by atoms with Crippen molar-refractivity contribution in [1.29, 1.82) is 0 Å². The second-order valence-corrected chi connectivity index (χ2v) is 12.2. The number of carbonyl (C=O) groups excluding carboxylic acids is 2. The van der Waals surface area contributed by atoms with Crippen LogP contribution in [-0.4, -0.2) is 90.9 Å². The van der Waals surface area contributed by atoms with Gasteiger partial charge in [0.25, 0.3) is 0 Å². The molecule has 2 atom stereocenters. The summed E-state index contributed by atoms with van der Waals surface area (Å²) >= 11 is 0. The fraction of sp³-hybridized carbons (Fsp3) is 0.432. The zero-order valence-corrected chi connectivity index (χ0v) is 28.4.